The summed E-state index contributed by atoms with van der Waals surface area (Å²) in [6.07, 6.45) is 0.381. The SMILES string of the molecule is CCC(N)CS(=O)(=O)C(F)F. The third kappa shape index (κ3) is 3.62. The highest BCUT2D eigenvalue weighted by Gasteiger charge is 2.25. The second kappa shape index (κ2) is 3.96. The van der Waals surface area contributed by atoms with Gasteiger partial charge in [-0.2, -0.15) is 8.78 Å². The molecule has 0 fully saturated rings. The fraction of sp³-hybridized carbons (Fsp3) is 1.00. The highest BCUT2D eigenvalue weighted by molar-refractivity contribution is 7.91. The molecule has 68 valence electrons. The van der Waals surface area contributed by atoms with Gasteiger partial charge in [-0.3, -0.25) is 0 Å². The van der Waals surface area contributed by atoms with Gasteiger partial charge in [-0.1, -0.05) is 6.92 Å². The van der Waals surface area contributed by atoms with E-state index in [0.717, 1.165) is 0 Å². The van der Waals surface area contributed by atoms with Gasteiger partial charge in [0, 0.05) is 6.04 Å². The molecule has 1 atom stereocenters. The maximum atomic E-state index is 11.7. The maximum absolute atomic E-state index is 11.7. The largest absolute Gasteiger partial charge is 0.336 e. The van der Waals surface area contributed by atoms with Crippen LogP contribution in [0.2, 0.25) is 0 Å². The van der Waals surface area contributed by atoms with Crippen LogP contribution in [-0.4, -0.2) is 26.0 Å². The third-order valence-corrected chi connectivity index (χ3v) is 2.68. The van der Waals surface area contributed by atoms with Crippen molar-refractivity contribution in [3.05, 3.63) is 0 Å². The van der Waals surface area contributed by atoms with Crippen LogP contribution in [-0.2, 0) is 9.84 Å². The molecular weight excluding hydrogens is 176 g/mol. The summed E-state index contributed by atoms with van der Waals surface area (Å²) in [6.45, 7) is 1.64. The Morgan fingerprint density at radius 1 is 1.45 bits per heavy atom. The molecule has 3 nitrogen and oxygen atoms in total. The molecule has 0 aromatic heterocycles. The first-order valence-electron chi connectivity index (χ1n) is 3.15. The van der Waals surface area contributed by atoms with Gasteiger partial charge in [0.05, 0.1) is 5.75 Å². The Balaban J connectivity index is 4.15. The standard InChI is InChI=1S/C5H11F2NO2S/c1-2-4(8)3-11(9,10)5(6)7/h4-5H,2-3,8H2,1H3. The van der Waals surface area contributed by atoms with Gasteiger partial charge < -0.3 is 5.73 Å². The zero-order valence-corrected chi connectivity index (χ0v) is 6.94. The lowest BCUT2D eigenvalue weighted by Gasteiger charge is -2.07. The van der Waals surface area contributed by atoms with Crippen molar-refractivity contribution in [3.63, 3.8) is 0 Å². The van der Waals surface area contributed by atoms with Crippen molar-refractivity contribution in [1.82, 2.24) is 0 Å². The Hall–Kier alpha value is -0.230. The molecule has 0 spiro atoms. The van der Waals surface area contributed by atoms with E-state index in [1.165, 1.54) is 0 Å². The summed E-state index contributed by atoms with van der Waals surface area (Å²) < 4.78 is 44.3. The van der Waals surface area contributed by atoms with Gasteiger partial charge >= 0.3 is 5.76 Å². The Morgan fingerprint density at radius 3 is 2.18 bits per heavy atom. The molecule has 0 heterocycles. The van der Waals surface area contributed by atoms with Gasteiger partial charge in [-0.05, 0) is 6.42 Å². The monoisotopic (exact) mass is 187 g/mol. The average Bonchev–Trinajstić information content (AvgIpc) is 1.86. The first kappa shape index (κ1) is 10.8. The number of nitrogens with two attached hydrogens (primary N) is 1. The predicted octanol–water partition coefficient (Wildman–Crippen LogP) is 0.361. The smallest absolute Gasteiger partial charge is 0.327 e. The number of hydrogen-bond donors (Lipinski definition) is 1. The van der Waals surface area contributed by atoms with Crippen LogP contribution in [0.3, 0.4) is 0 Å². The van der Waals surface area contributed by atoms with Gasteiger partial charge in [0.15, 0.2) is 0 Å². The fourth-order valence-corrected chi connectivity index (χ4v) is 1.47. The van der Waals surface area contributed by atoms with E-state index in [9.17, 15) is 17.2 Å². The molecule has 0 aliphatic rings. The lowest BCUT2D eigenvalue weighted by atomic mass is 10.3. The van der Waals surface area contributed by atoms with E-state index in [2.05, 4.69) is 0 Å². The van der Waals surface area contributed by atoms with Gasteiger partial charge in [0.2, 0.25) is 9.84 Å². The van der Waals surface area contributed by atoms with Crippen LogP contribution >= 0.6 is 0 Å². The number of hydrogen-bond acceptors (Lipinski definition) is 3. The van der Waals surface area contributed by atoms with Crippen LogP contribution in [0.4, 0.5) is 8.78 Å². The number of rotatable bonds is 4. The Labute approximate surface area is 64.5 Å². The topological polar surface area (TPSA) is 60.2 Å². The molecule has 2 N–H and O–H groups in total. The van der Waals surface area contributed by atoms with Crippen molar-refractivity contribution >= 4 is 9.84 Å². The minimum Gasteiger partial charge on any atom is -0.327 e. The van der Waals surface area contributed by atoms with Crippen molar-refractivity contribution < 1.29 is 17.2 Å². The van der Waals surface area contributed by atoms with Crippen molar-refractivity contribution in [1.29, 1.82) is 0 Å². The molecular formula is C5H11F2NO2S. The van der Waals surface area contributed by atoms with Crippen LogP contribution in [0.15, 0.2) is 0 Å². The molecule has 0 saturated heterocycles. The number of sulfone groups is 1. The Bertz CT molecular complexity index is 203. The van der Waals surface area contributed by atoms with Gasteiger partial charge in [0.25, 0.3) is 0 Å². The lowest BCUT2D eigenvalue weighted by Crippen LogP contribution is -2.31. The molecule has 6 heteroatoms. The molecule has 11 heavy (non-hydrogen) atoms. The summed E-state index contributed by atoms with van der Waals surface area (Å²) >= 11 is 0. The summed E-state index contributed by atoms with van der Waals surface area (Å²) in [5.41, 5.74) is 5.18. The van der Waals surface area contributed by atoms with Crippen LogP contribution in [0, 0.1) is 0 Å². The molecule has 1 unspecified atom stereocenters. The second-order valence-corrected chi connectivity index (χ2v) is 4.27. The van der Waals surface area contributed by atoms with E-state index in [1.807, 2.05) is 0 Å². The predicted molar refractivity (Wildman–Crippen MR) is 38.1 cm³/mol. The molecule has 0 radical (unpaired) electrons. The number of alkyl halides is 2. The van der Waals surface area contributed by atoms with Crippen molar-refractivity contribution in [2.75, 3.05) is 5.75 Å². The molecule has 0 amide bonds. The van der Waals surface area contributed by atoms with E-state index < -0.39 is 27.4 Å². The maximum Gasteiger partial charge on any atom is 0.336 e. The van der Waals surface area contributed by atoms with Crippen LogP contribution in [0.5, 0.6) is 0 Å². The van der Waals surface area contributed by atoms with Gasteiger partial charge in [-0.25, -0.2) is 8.42 Å². The normalized spacial score (nSPS) is 15.4. The van der Waals surface area contributed by atoms with E-state index in [0.29, 0.717) is 6.42 Å². The summed E-state index contributed by atoms with van der Waals surface area (Å²) in [7, 11) is -4.27. The zero-order chi connectivity index (χ0) is 9.07. The first-order valence-corrected chi connectivity index (χ1v) is 4.87. The molecule has 0 aromatic rings. The third-order valence-electron chi connectivity index (χ3n) is 1.24. The van der Waals surface area contributed by atoms with Gasteiger partial charge in [-0.15, -0.1) is 0 Å². The minimum absolute atomic E-state index is 0.381. The summed E-state index contributed by atoms with van der Waals surface area (Å²) in [6, 6.07) is -0.686. The van der Waals surface area contributed by atoms with E-state index >= 15 is 0 Å². The second-order valence-electron chi connectivity index (χ2n) is 2.26. The van der Waals surface area contributed by atoms with E-state index in [1.54, 1.807) is 6.92 Å². The van der Waals surface area contributed by atoms with Gasteiger partial charge in [0.1, 0.15) is 0 Å². The molecule has 0 bridgehead atoms. The Morgan fingerprint density at radius 2 is 1.91 bits per heavy atom. The molecule has 0 aromatic carbocycles. The molecule has 0 aliphatic carbocycles. The highest BCUT2D eigenvalue weighted by Crippen LogP contribution is 2.07. The molecule has 0 saturated carbocycles. The van der Waals surface area contributed by atoms with Crippen molar-refractivity contribution in [2.24, 2.45) is 5.73 Å². The molecule has 0 aliphatic heterocycles. The minimum atomic E-state index is -4.27. The van der Waals surface area contributed by atoms with Crippen molar-refractivity contribution in [3.8, 4) is 0 Å². The van der Waals surface area contributed by atoms with Crippen LogP contribution in [0.25, 0.3) is 0 Å². The van der Waals surface area contributed by atoms with Crippen LogP contribution in [0.1, 0.15) is 13.3 Å². The molecule has 0 rings (SSSR count). The Kier molecular flexibility index (Phi) is 3.88. The van der Waals surface area contributed by atoms with E-state index in [-0.39, 0.29) is 0 Å². The highest BCUT2D eigenvalue weighted by atomic mass is 32.2. The summed E-state index contributed by atoms with van der Waals surface area (Å²) in [4.78, 5) is 0. The summed E-state index contributed by atoms with van der Waals surface area (Å²) in [5, 5.41) is 0. The zero-order valence-electron chi connectivity index (χ0n) is 6.13. The quantitative estimate of drug-likeness (QED) is 0.691. The first-order chi connectivity index (χ1) is 4.90. The van der Waals surface area contributed by atoms with Crippen molar-refractivity contribution in [2.45, 2.75) is 25.1 Å². The van der Waals surface area contributed by atoms with E-state index in [4.69, 9.17) is 5.73 Å². The average molecular weight is 187 g/mol. The van der Waals surface area contributed by atoms with Crippen LogP contribution < -0.4 is 5.73 Å². The summed E-state index contributed by atoms with van der Waals surface area (Å²) in [5.74, 6) is -3.94. The number of halogens is 2. The lowest BCUT2D eigenvalue weighted by molar-refractivity contribution is 0.234. The fourth-order valence-electron chi connectivity index (χ4n) is 0.489.